The Labute approximate surface area is 109 Å². The highest BCUT2D eigenvalue weighted by Crippen LogP contribution is 2.22. The first-order chi connectivity index (χ1) is 8.81. The van der Waals surface area contributed by atoms with Gasteiger partial charge in [-0.1, -0.05) is 48.5 Å². The molecule has 2 heteroatoms. The summed E-state index contributed by atoms with van der Waals surface area (Å²) in [5.41, 5.74) is 3.68. The summed E-state index contributed by atoms with van der Waals surface area (Å²) >= 11 is 0. The maximum absolute atomic E-state index is 5.44. The minimum Gasteiger partial charge on any atom is -0.496 e. The summed E-state index contributed by atoms with van der Waals surface area (Å²) in [7, 11) is 1.73. The van der Waals surface area contributed by atoms with E-state index in [0.717, 1.165) is 18.8 Å². The highest BCUT2D eigenvalue weighted by molar-refractivity contribution is 5.40. The van der Waals surface area contributed by atoms with Gasteiger partial charge in [0, 0.05) is 18.7 Å². The lowest BCUT2D eigenvalue weighted by molar-refractivity contribution is 0.404. The summed E-state index contributed by atoms with van der Waals surface area (Å²) < 4.78 is 5.44. The van der Waals surface area contributed by atoms with Gasteiger partial charge in [0.05, 0.1) is 7.11 Å². The number of para-hydroxylation sites is 1. The van der Waals surface area contributed by atoms with Gasteiger partial charge in [-0.25, -0.2) is 0 Å². The van der Waals surface area contributed by atoms with Gasteiger partial charge in [-0.15, -0.1) is 0 Å². The number of hydrogen-bond donors (Lipinski definition) is 1. The molecule has 2 nitrogen and oxygen atoms in total. The van der Waals surface area contributed by atoms with E-state index in [-0.39, 0.29) is 0 Å². The van der Waals surface area contributed by atoms with Gasteiger partial charge in [-0.05, 0) is 18.1 Å². The van der Waals surface area contributed by atoms with Crippen LogP contribution in [0.4, 0.5) is 0 Å². The lowest BCUT2D eigenvalue weighted by atomic mass is 10.1. The molecule has 2 aromatic rings. The van der Waals surface area contributed by atoms with Crippen molar-refractivity contribution in [3.05, 3.63) is 65.2 Å². The van der Waals surface area contributed by atoms with Gasteiger partial charge in [0.25, 0.3) is 0 Å². The molecule has 0 fully saturated rings. The monoisotopic (exact) mass is 241 g/mol. The summed E-state index contributed by atoms with van der Waals surface area (Å²) in [4.78, 5) is 0. The molecule has 0 bridgehead atoms. The van der Waals surface area contributed by atoms with Crippen LogP contribution in [-0.4, -0.2) is 7.11 Å². The molecule has 0 atom stereocenters. The third-order valence-electron chi connectivity index (χ3n) is 2.98. The molecule has 1 N–H and O–H groups in total. The minimum absolute atomic E-state index is 0.819. The molecule has 0 saturated heterocycles. The first kappa shape index (κ1) is 12.7. The standard InChI is InChI=1S/C16H19NO/c1-13-7-6-10-15(16(13)18-2)12-17-11-14-8-4-3-5-9-14/h3-10,17H,11-12H2,1-2H3. The molecular formula is C16H19NO. The van der Waals surface area contributed by atoms with Crippen molar-refractivity contribution >= 4 is 0 Å². The molecule has 94 valence electrons. The predicted molar refractivity (Wildman–Crippen MR) is 74.7 cm³/mol. The molecule has 0 unspecified atom stereocenters. The Hall–Kier alpha value is -1.80. The normalized spacial score (nSPS) is 10.3. The van der Waals surface area contributed by atoms with E-state index in [2.05, 4.69) is 54.7 Å². The maximum atomic E-state index is 5.44. The fourth-order valence-corrected chi connectivity index (χ4v) is 2.08. The van der Waals surface area contributed by atoms with E-state index in [4.69, 9.17) is 4.74 Å². The van der Waals surface area contributed by atoms with Gasteiger partial charge in [0.1, 0.15) is 5.75 Å². The molecule has 2 rings (SSSR count). The van der Waals surface area contributed by atoms with Gasteiger partial charge in [-0.3, -0.25) is 0 Å². The Kier molecular flexibility index (Phi) is 4.37. The third kappa shape index (κ3) is 3.11. The minimum atomic E-state index is 0.819. The molecular weight excluding hydrogens is 222 g/mol. The van der Waals surface area contributed by atoms with Crippen LogP contribution in [0, 0.1) is 6.92 Å². The van der Waals surface area contributed by atoms with E-state index in [0.29, 0.717) is 0 Å². The van der Waals surface area contributed by atoms with Gasteiger partial charge < -0.3 is 10.1 Å². The molecule has 0 spiro atoms. The Morgan fingerprint density at radius 1 is 0.944 bits per heavy atom. The predicted octanol–water partition coefficient (Wildman–Crippen LogP) is 3.29. The Morgan fingerprint density at radius 3 is 2.44 bits per heavy atom. The van der Waals surface area contributed by atoms with E-state index in [9.17, 15) is 0 Å². The molecule has 0 aliphatic rings. The van der Waals surface area contributed by atoms with Crippen molar-refractivity contribution in [2.45, 2.75) is 20.0 Å². The lowest BCUT2D eigenvalue weighted by Crippen LogP contribution is -2.13. The van der Waals surface area contributed by atoms with Crippen LogP contribution in [0.5, 0.6) is 5.75 Å². The van der Waals surface area contributed by atoms with Crippen LogP contribution >= 0.6 is 0 Å². The number of rotatable bonds is 5. The fraction of sp³-hybridized carbons (Fsp3) is 0.250. The van der Waals surface area contributed by atoms with E-state index in [1.807, 2.05) is 6.07 Å². The Bertz CT molecular complexity index is 494. The number of benzene rings is 2. The van der Waals surface area contributed by atoms with Crippen molar-refractivity contribution in [1.82, 2.24) is 5.32 Å². The second-order valence-corrected chi connectivity index (χ2v) is 4.36. The number of nitrogens with one attached hydrogen (secondary N) is 1. The maximum Gasteiger partial charge on any atom is 0.126 e. The Balaban J connectivity index is 1.96. The molecule has 0 aliphatic carbocycles. The number of ether oxygens (including phenoxy) is 1. The summed E-state index contributed by atoms with van der Waals surface area (Å²) in [5, 5.41) is 3.44. The van der Waals surface area contributed by atoms with Crippen LogP contribution in [0.15, 0.2) is 48.5 Å². The smallest absolute Gasteiger partial charge is 0.126 e. The quantitative estimate of drug-likeness (QED) is 0.867. The number of methoxy groups -OCH3 is 1. The molecule has 0 aliphatic heterocycles. The SMILES string of the molecule is COc1c(C)cccc1CNCc1ccccc1. The molecule has 18 heavy (non-hydrogen) atoms. The number of hydrogen-bond acceptors (Lipinski definition) is 2. The highest BCUT2D eigenvalue weighted by atomic mass is 16.5. The highest BCUT2D eigenvalue weighted by Gasteiger charge is 2.04. The van der Waals surface area contributed by atoms with Crippen LogP contribution in [0.3, 0.4) is 0 Å². The topological polar surface area (TPSA) is 21.3 Å². The van der Waals surface area contributed by atoms with Crippen molar-refractivity contribution in [2.75, 3.05) is 7.11 Å². The Morgan fingerprint density at radius 2 is 1.72 bits per heavy atom. The van der Waals surface area contributed by atoms with E-state index < -0.39 is 0 Å². The summed E-state index contributed by atoms with van der Waals surface area (Å²) in [6, 6.07) is 16.6. The molecule has 0 heterocycles. The second-order valence-electron chi connectivity index (χ2n) is 4.36. The van der Waals surface area contributed by atoms with E-state index in [1.54, 1.807) is 7.11 Å². The van der Waals surface area contributed by atoms with Crippen LogP contribution < -0.4 is 10.1 Å². The van der Waals surface area contributed by atoms with Gasteiger partial charge in [0.15, 0.2) is 0 Å². The van der Waals surface area contributed by atoms with Crippen molar-refractivity contribution in [3.63, 3.8) is 0 Å². The van der Waals surface area contributed by atoms with Crippen molar-refractivity contribution in [3.8, 4) is 5.75 Å². The van der Waals surface area contributed by atoms with Crippen molar-refractivity contribution in [1.29, 1.82) is 0 Å². The largest absolute Gasteiger partial charge is 0.496 e. The zero-order chi connectivity index (χ0) is 12.8. The van der Waals surface area contributed by atoms with Crippen LogP contribution in [0.2, 0.25) is 0 Å². The average Bonchev–Trinajstić information content (AvgIpc) is 2.40. The zero-order valence-corrected chi connectivity index (χ0v) is 10.9. The first-order valence-corrected chi connectivity index (χ1v) is 6.18. The third-order valence-corrected chi connectivity index (χ3v) is 2.98. The number of aryl methyl sites for hydroxylation is 1. The molecule has 2 aromatic carbocycles. The van der Waals surface area contributed by atoms with Crippen LogP contribution in [-0.2, 0) is 13.1 Å². The average molecular weight is 241 g/mol. The summed E-state index contributed by atoms with van der Waals surface area (Å²) in [6.45, 7) is 3.76. The van der Waals surface area contributed by atoms with E-state index in [1.165, 1.54) is 16.7 Å². The van der Waals surface area contributed by atoms with Crippen molar-refractivity contribution < 1.29 is 4.74 Å². The first-order valence-electron chi connectivity index (χ1n) is 6.18. The molecule has 0 aromatic heterocycles. The van der Waals surface area contributed by atoms with Gasteiger partial charge in [0.2, 0.25) is 0 Å². The molecule has 0 radical (unpaired) electrons. The van der Waals surface area contributed by atoms with Crippen LogP contribution in [0.1, 0.15) is 16.7 Å². The van der Waals surface area contributed by atoms with Gasteiger partial charge in [-0.2, -0.15) is 0 Å². The van der Waals surface area contributed by atoms with Crippen molar-refractivity contribution in [2.24, 2.45) is 0 Å². The second kappa shape index (κ2) is 6.22. The summed E-state index contributed by atoms with van der Waals surface area (Å²) in [5.74, 6) is 0.984. The molecule has 0 amide bonds. The molecule has 0 saturated carbocycles. The lowest BCUT2D eigenvalue weighted by Gasteiger charge is -2.12. The van der Waals surface area contributed by atoms with E-state index >= 15 is 0 Å². The summed E-state index contributed by atoms with van der Waals surface area (Å²) in [6.07, 6.45) is 0. The zero-order valence-electron chi connectivity index (χ0n) is 10.9. The fourth-order valence-electron chi connectivity index (χ4n) is 2.08. The van der Waals surface area contributed by atoms with Crippen LogP contribution in [0.25, 0.3) is 0 Å². The van der Waals surface area contributed by atoms with Gasteiger partial charge >= 0.3 is 0 Å².